The SMILES string of the molecule is Cc1cccc(-c2ccc(C(C)C)cc2)c1-c1ccccn1. The zero-order valence-electron chi connectivity index (χ0n) is 13.4. The fourth-order valence-electron chi connectivity index (χ4n) is 2.81. The molecule has 0 saturated heterocycles. The topological polar surface area (TPSA) is 12.9 Å². The predicted molar refractivity (Wildman–Crippen MR) is 93.9 cm³/mol. The smallest absolute Gasteiger partial charge is 0.0710 e. The molecule has 0 saturated carbocycles. The van der Waals surface area contributed by atoms with E-state index in [1.54, 1.807) is 0 Å². The molecule has 1 heteroatoms. The molecule has 0 aliphatic carbocycles. The fourth-order valence-corrected chi connectivity index (χ4v) is 2.81. The summed E-state index contributed by atoms with van der Waals surface area (Å²) < 4.78 is 0. The molecule has 1 nitrogen and oxygen atoms in total. The summed E-state index contributed by atoms with van der Waals surface area (Å²) in [5.74, 6) is 0.557. The molecule has 0 radical (unpaired) electrons. The Morgan fingerprint density at radius 1 is 0.818 bits per heavy atom. The van der Waals surface area contributed by atoms with Crippen molar-refractivity contribution in [2.75, 3.05) is 0 Å². The van der Waals surface area contributed by atoms with Crippen LogP contribution in [0, 0.1) is 6.92 Å². The summed E-state index contributed by atoms with van der Waals surface area (Å²) in [6.07, 6.45) is 1.85. The van der Waals surface area contributed by atoms with E-state index in [0.29, 0.717) is 5.92 Å². The summed E-state index contributed by atoms with van der Waals surface area (Å²) in [6.45, 7) is 6.60. The Morgan fingerprint density at radius 3 is 2.23 bits per heavy atom. The number of aromatic nitrogens is 1. The molecule has 3 aromatic rings. The third-order valence-electron chi connectivity index (χ3n) is 4.08. The maximum absolute atomic E-state index is 4.54. The lowest BCUT2D eigenvalue weighted by Crippen LogP contribution is -1.92. The first-order chi connectivity index (χ1) is 10.7. The van der Waals surface area contributed by atoms with Crippen molar-refractivity contribution in [1.29, 1.82) is 0 Å². The van der Waals surface area contributed by atoms with Crippen molar-refractivity contribution >= 4 is 0 Å². The molecule has 1 aromatic heterocycles. The highest BCUT2D eigenvalue weighted by Crippen LogP contribution is 2.34. The van der Waals surface area contributed by atoms with Gasteiger partial charge < -0.3 is 0 Å². The van der Waals surface area contributed by atoms with E-state index < -0.39 is 0 Å². The summed E-state index contributed by atoms with van der Waals surface area (Å²) in [7, 11) is 0. The molecule has 0 unspecified atom stereocenters. The predicted octanol–water partition coefficient (Wildman–Crippen LogP) is 5.85. The first kappa shape index (κ1) is 14.5. The standard InChI is InChI=1S/C21H21N/c1-15(2)17-10-12-18(13-11-17)19-8-6-7-16(3)21(19)20-9-4-5-14-22-20/h4-15H,1-3H3. The Labute approximate surface area is 132 Å². The van der Waals surface area contributed by atoms with E-state index in [4.69, 9.17) is 0 Å². The van der Waals surface area contributed by atoms with Gasteiger partial charge in [0, 0.05) is 11.8 Å². The lowest BCUT2D eigenvalue weighted by molar-refractivity contribution is 0.867. The number of aryl methyl sites for hydroxylation is 1. The Bertz CT molecular complexity index is 756. The van der Waals surface area contributed by atoms with E-state index >= 15 is 0 Å². The van der Waals surface area contributed by atoms with Crippen LogP contribution in [-0.4, -0.2) is 4.98 Å². The number of rotatable bonds is 3. The number of hydrogen-bond donors (Lipinski definition) is 0. The molecule has 0 bridgehead atoms. The third kappa shape index (κ3) is 2.80. The average molecular weight is 287 g/mol. The van der Waals surface area contributed by atoms with Crippen LogP contribution in [0.25, 0.3) is 22.4 Å². The minimum Gasteiger partial charge on any atom is -0.256 e. The zero-order chi connectivity index (χ0) is 15.5. The summed E-state index contributed by atoms with van der Waals surface area (Å²) in [5, 5.41) is 0. The van der Waals surface area contributed by atoms with Crippen molar-refractivity contribution in [3.63, 3.8) is 0 Å². The van der Waals surface area contributed by atoms with E-state index in [1.165, 1.54) is 27.8 Å². The number of benzene rings is 2. The zero-order valence-corrected chi connectivity index (χ0v) is 13.4. The van der Waals surface area contributed by atoms with Gasteiger partial charge in [-0.25, -0.2) is 0 Å². The van der Waals surface area contributed by atoms with Crippen molar-refractivity contribution in [2.24, 2.45) is 0 Å². The molecule has 0 spiro atoms. The van der Waals surface area contributed by atoms with Gasteiger partial charge in [0.05, 0.1) is 5.69 Å². The van der Waals surface area contributed by atoms with Gasteiger partial charge in [-0.1, -0.05) is 62.4 Å². The second-order valence-corrected chi connectivity index (χ2v) is 5.99. The van der Waals surface area contributed by atoms with Gasteiger partial charge in [-0.2, -0.15) is 0 Å². The van der Waals surface area contributed by atoms with Gasteiger partial charge in [0.15, 0.2) is 0 Å². The van der Waals surface area contributed by atoms with Crippen molar-refractivity contribution in [2.45, 2.75) is 26.7 Å². The maximum Gasteiger partial charge on any atom is 0.0710 e. The normalized spacial score (nSPS) is 10.9. The third-order valence-corrected chi connectivity index (χ3v) is 4.08. The largest absolute Gasteiger partial charge is 0.256 e. The van der Waals surface area contributed by atoms with Crippen LogP contribution in [0.3, 0.4) is 0 Å². The van der Waals surface area contributed by atoms with Gasteiger partial charge in [0.25, 0.3) is 0 Å². The summed E-state index contributed by atoms with van der Waals surface area (Å²) >= 11 is 0. The first-order valence-corrected chi connectivity index (χ1v) is 7.78. The van der Waals surface area contributed by atoms with E-state index in [1.807, 2.05) is 18.3 Å². The lowest BCUT2D eigenvalue weighted by Gasteiger charge is -2.13. The van der Waals surface area contributed by atoms with Crippen molar-refractivity contribution in [3.8, 4) is 22.4 Å². The van der Waals surface area contributed by atoms with Crippen LogP contribution < -0.4 is 0 Å². The van der Waals surface area contributed by atoms with Crippen LogP contribution in [0.15, 0.2) is 66.9 Å². The van der Waals surface area contributed by atoms with Crippen LogP contribution in [0.2, 0.25) is 0 Å². The van der Waals surface area contributed by atoms with Crippen molar-refractivity contribution < 1.29 is 0 Å². The van der Waals surface area contributed by atoms with E-state index in [9.17, 15) is 0 Å². The lowest BCUT2D eigenvalue weighted by atomic mass is 9.92. The monoisotopic (exact) mass is 287 g/mol. The molecule has 0 N–H and O–H groups in total. The molecule has 0 aliphatic rings. The number of nitrogens with zero attached hydrogens (tertiary/aromatic N) is 1. The maximum atomic E-state index is 4.54. The highest BCUT2D eigenvalue weighted by molar-refractivity contribution is 5.84. The second kappa shape index (κ2) is 6.15. The molecule has 1 heterocycles. The molecule has 0 atom stereocenters. The molecular weight excluding hydrogens is 266 g/mol. The molecule has 0 amide bonds. The van der Waals surface area contributed by atoms with Crippen LogP contribution in [-0.2, 0) is 0 Å². The minimum atomic E-state index is 0.557. The molecule has 22 heavy (non-hydrogen) atoms. The van der Waals surface area contributed by atoms with E-state index in [2.05, 4.69) is 74.3 Å². The van der Waals surface area contributed by atoms with E-state index in [0.717, 1.165) is 5.69 Å². The summed E-state index contributed by atoms with van der Waals surface area (Å²) in [5.41, 5.74) is 7.37. The Kier molecular flexibility index (Phi) is 4.06. The van der Waals surface area contributed by atoms with Crippen LogP contribution >= 0.6 is 0 Å². The van der Waals surface area contributed by atoms with Crippen molar-refractivity contribution in [3.05, 3.63) is 78.0 Å². The fraction of sp³-hybridized carbons (Fsp3) is 0.190. The molecule has 0 aliphatic heterocycles. The van der Waals surface area contributed by atoms with Gasteiger partial charge in [-0.05, 0) is 47.2 Å². The van der Waals surface area contributed by atoms with Crippen LogP contribution in [0.4, 0.5) is 0 Å². The Balaban J connectivity index is 2.13. The quantitative estimate of drug-likeness (QED) is 0.589. The minimum absolute atomic E-state index is 0.557. The molecule has 3 rings (SSSR count). The highest BCUT2D eigenvalue weighted by atomic mass is 14.7. The van der Waals surface area contributed by atoms with Gasteiger partial charge in [0.1, 0.15) is 0 Å². The van der Waals surface area contributed by atoms with Gasteiger partial charge in [-0.3, -0.25) is 4.98 Å². The first-order valence-electron chi connectivity index (χ1n) is 7.78. The molecule has 110 valence electrons. The summed E-state index contributed by atoms with van der Waals surface area (Å²) in [4.78, 5) is 4.54. The average Bonchev–Trinajstić information content (AvgIpc) is 2.55. The Hall–Kier alpha value is -2.41. The summed E-state index contributed by atoms with van der Waals surface area (Å²) in [6, 6.07) is 21.4. The van der Waals surface area contributed by atoms with Crippen LogP contribution in [0.5, 0.6) is 0 Å². The second-order valence-electron chi connectivity index (χ2n) is 5.99. The van der Waals surface area contributed by atoms with Gasteiger partial charge in [0.2, 0.25) is 0 Å². The number of hydrogen-bond acceptors (Lipinski definition) is 1. The molecule has 0 fully saturated rings. The molecular formula is C21H21N. The van der Waals surface area contributed by atoms with Crippen molar-refractivity contribution in [1.82, 2.24) is 4.98 Å². The van der Waals surface area contributed by atoms with Gasteiger partial charge in [-0.15, -0.1) is 0 Å². The van der Waals surface area contributed by atoms with Gasteiger partial charge >= 0.3 is 0 Å². The Morgan fingerprint density at radius 2 is 1.59 bits per heavy atom. The number of pyridine rings is 1. The molecule has 2 aromatic carbocycles. The van der Waals surface area contributed by atoms with E-state index in [-0.39, 0.29) is 0 Å². The van der Waals surface area contributed by atoms with Crippen LogP contribution in [0.1, 0.15) is 30.9 Å². The highest BCUT2D eigenvalue weighted by Gasteiger charge is 2.11.